The number of benzene rings is 1. The molecule has 82 valence electrons. The van der Waals surface area contributed by atoms with Crippen LogP contribution >= 0.6 is 0 Å². The van der Waals surface area contributed by atoms with Crippen LogP contribution in [-0.2, 0) is 11.8 Å². The largest absolute Gasteiger partial charge is 0.330 e. The molecule has 0 aliphatic heterocycles. The summed E-state index contributed by atoms with van der Waals surface area (Å²) in [7, 11) is 0. The molecule has 1 nitrogen and oxygen atoms in total. The fraction of sp³-hybridized carbons (Fsp3) is 0.571. The van der Waals surface area contributed by atoms with E-state index in [0.717, 1.165) is 6.54 Å². The Morgan fingerprint density at radius 3 is 2.80 bits per heavy atom. The quantitative estimate of drug-likeness (QED) is 0.746. The zero-order valence-corrected chi connectivity index (χ0v) is 10.0. The molecule has 0 heterocycles. The minimum Gasteiger partial charge on any atom is -0.330 e. The highest BCUT2D eigenvalue weighted by molar-refractivity contribution is 5.39. The first kappa shape index (κ1) is 10.7. The zero-order chi connectivity index (χ0) is 11.1. The second-order valence-corrected chi connectivity index (χ2v) is 5.35. The van der Waals surface area contributed by atoms with E-state index >= 15 is 0 Å². The van der Waals surface area contributed by atoms with Crippen molar-refractivity contribution in [3.8, 4) is 0 Å². The van der Waals surface area contributed by atoms with Crippen LogP contribution < -0.4 is 5.73 Å². The Bertz CT molecular complexity index is 366. The molecule has 0 fully saturated rings. The summed E-state index contributed by atoms with van der Waals surface area (Å²) in [6, 6.07) is 6.86. The highest BCUT2D eigenvalue weighted by Gasteiger charge is 2.35. The lowest BCUT2D eigenvalue weighted by Crippen LogP contribution is -2.38. The molecule has 1 heteroatoms. The van der Waals surface area contributed by atoms with Gasteiger partial charge >= 0.3 is 0 Å². The average Bonchev–Trinajstić information content (AvgIpc) is 2.17. The third-order valence-electron chi connectivity index (χ3n) is 4.02. The van der Waals surface area contributed by atoms with Gasteiger partial charge in [-0.1, -0.05) is 37.6 Å². The highest BCUT2D eigenvalue weighted by Crippen LogP contribution is 2.40. The van der Waals surface area contributed by atoms with Gasteiger partial charge in [-0.05, 0) is 48.8 Å². The van der Waals surface area contributed by atoms with E-state index in [1.54, 1.807) is 0 Å². The van der Waals surface area contributed by atoms with Crippen molar-refractivity contribution in [2.24, 2.45) is 11.7 Å². The Kier molecular flexibility index (Phi) is 2.59. The maximum Gasteiger partial charge on any atom is -0.00404 e. The number of hydrogen-bond acceptors (Lipinski definition) is 1. The highest BCUT2D eigenvalue weighted by atomic mass is 14.6. The van der Waals surface area contributed by atoms with Crippen LogP contribution in [0.15, 0.2) is 18.2 Å². The maximum absolute atomic E-state index is 5.87. The summed E-state index contributed by atoms with van der Waals surface area (Å²) in [5.41, 5.74) is 10.5. The number of fused-ring (bicyclic) bond motifs is 1. The molecular weight excluding hydrogens is 182 g/mol. The van der Waals surface area contributed by atoms with Gasteiger partial charge in [-0.25, -0.2) is 0 Å². The lowest BCUT2D eigenvalue weighted by molar-refractivity contribution is 0.285. The molecule has 0 bridgehead atoms. The van der Waals surface area contributed by atoms with Crippen molar-refractivity contribution in [1.29, 1.82) is 0 Å². The Hall–Kier alpha value is -0.820. The Morgan fingerprint density at radius 2 is 2.13 bits per heavy atom. The van der Waals surface area contributed by atoms with E-state index < -0.39 is 0 Å². The molecule has 0 saturated carbocycles. The fourth-order valence-electron chi connectivity index (χ4n) is 2.88. The third-order valence-corrected chi connectivity index (χ3v) is 4.02. The van der Waals surface area contributed by atoms with Gasteiger partial charge in [0.2, 0.25) is 0 Å². The number of nitrogens with two attached hydrogens (primary N) is 1. The van der Waals surface area contributed by atoms with Gasteiger partial charge in [-0.15, -0.1) is 0 Å². The summed E-state index contributed by atoms with van der Waals surface area (Å²) in [4.78, 5) is 0. The summed E-state index contributed by atoms with van der Waals surface area (Å²) in [6.45, 7) is 7.64. The maximum atomic E-state index is 5.87. The Morgan fingerprint density at radius 1 is 1.40 bits per heavy atom. The SMILES string of the molecule is Cc1ccc2c(c1)CCC(CN)C2(C)C. The molecular formula is C14H21N. The predicted molar refractivity (Wildman–Crippen MR) is 65.1 cm³/mol. The normalized spacial score (nSPS) is 23.6. The summed E-state index contributed by atoms with van der Waals surface area (Å²) in [6.07, 6.45) is 2.43. The minimum absolute atomic E-state index is 0.246. The second-order valence-electron chi connectivity index (χ2n) is 5.35. The molecule has 1 aliphatic rings. The average molecular weight is 203 g/mol. The van der Waals surface area contributed by atoms with E-state index in [9.17, 15) is 0 Å². The van der Waals surface area contributed by atoms with Crippen LogP contribution in [0.3, 0.4) is 0 Å². The number of aryl methyl sites for hydroxylation is 2. The zero-order valence-electron chi connectivity index (χ0n) is 10.0. The van der Waals surface area contributed by atoms with E-state index in [2.05, 4.69) is 39.0 Å². The van der Waals surface area contributed by atoms with Gasteiger partial charge in [0, 0.05) is 0 Å². The van der Waals surface area contributed by atoms with E-state index in [1.165, 1.54) is 29.5 Å². The summed E-state index contributed by atoms with van der Waals surface area (Å²) < 4.78 is 0. The van der Waals surface area contributed by atoms with Crippen LogP contribution in [-0.4, -0.2) is 6.54 Å². The summed E-state index contributed by atoms with van der Waals surface area (Å²) >= 11 is 0. The molecule has 1 unspecified atom stereocenters. The molecule has 0 spiro atoms. The monoisotopic (exact) mass is 203 g/mol. The van der Waals surface area contributed by atoms with E-state index in [-0.39, 0.29) is 5.41 Å². The molecule has 2 rings (SSSR count). The summed E-state index contributed by atoms with van der Waals surface area (Å²) in [5, 5.41) is 0. The first-order valence-electron chi connectivity index (χ1n) is 5.86. The van der Waals surface area contributed by atoms with Crippen LogP contribution in [0.2, 0.25) is 0 Å². The first-order chi connectivity index (χ1) is 7.05. The summed E-state index contributed by atoms with van der Waals surface area (Å²) in [5.74, 6) is 0.632. The Labute approximate surface area is 92.7 Å². The van der Waals surface area contributed by atoms with Gasteiger partial charge in [0.25, 0.3) is 0 Å². The van der Waals surface area contributed by atoms with Crippen molar-refractivity contribution in [1.82, 2.24) is 0 Å². The van der Waals surface area contributed by atoms with Crippen molar-refractivity contribution >= 4 is 0 Å². The van der Waals surface area contributed by atoms with E-state index in [0.29, 0.717) is 5.92 Å². The van der Waals surface area contributed by atoms with E-state index in [1.807, 2.05) is 0 Å². The number of rotatable bonds is 1. The molecule has 1 aliphatic carbocycles. The van der Waals surface area contributed by atoms with Gasteiger partial charge in [0.15, 0.2) is 0 Å². The lowest BCUT2D eigenvalue weighted by Gasteiger charge is -2.40. The van der Waals surface area contributed by atoms with Gasteiger partial charge in [-0.2, -0.15) is 0 Å². The third kappa shape index (κ3) is 1.69. The van der Waals surface area contributed by atoms with E-state index in [4.69, 9.17) is 5.73 Å². The second kappa shape index (κ2) is 3.64. The predicted octanol–water partition coefficient (Wildman–Crippen LogP) is 2.79. The van der Waals surface area contributed by atoms with Crippen molar-refractivity contribution < 1.29 is 0 Å². The molecule has 0 aromatic heterocycles. The molecule has 2 N–H and O–H groups in total. The van der Waals surface area contributed by atoms with Gasteiger partial charge in [0.05, 0.1) is 0 Å². The van der Waals surface area contributed by atoms with Gasteiger partial charge in [-0.3, -0.25) is 0 Å². The smallest absolute Gasteiger partial charge is 0.00404 e. The topological polar surface area (TPSA) is 26.0 Å². The Balaban J connectivity index is 2.47. The molecule has 0 saturated heterocycles. The number of hydrogen-bond donors (Lipinski definition) is 1. The molecule has 1 atom stereocenters. The van der Waals surface area contributed by atoms with Crippen molar-refractivity contribution in [2.75, 3.05) is 6.54 Å². The van der Waals surface area contributed by atoms with Crippen LogP contribution in [0.1, 0.15) is 37.0 Å². The van der Waals surface area contributed by atoms with Crippen LogP contribution in [0.4, 0.5) is 0 Å². The van der Waals surface area contributed by atoms with Crippen molar-refractivity contribution in [2.45, 2.75) is 39.0 Å². The molecule has 15 heavy (non-hydrogen) atoms. The minimum atomic E-state index is 0.246. The molecule has 0 amide bonds. The first-order valence-corrected chi connectivity index (χ1v) is 5.86. The van der Waals surface area contributed by atoms with Crippen LogP contribution in [0, 0.1) is 12.8 Å². The fourth-order valence-corrected chi connectivity index (χ4v) is 2.88. The van der Waals surface area contributed by atoms with Gasteiger partial charge in [0.1, 0.15) is 0 Å². The van der Waals surface area contributed by atoms with Crippen LogP contribution in [0.25, 0.3) is 0 Å². The molecule has 1 aromatic rings. The molecule has 0 radical (unpaired) electrons. The van der Waals surface area contributed by atoms with Crippen molar-refractivity contribution in [3.63, 3.8) is 0 Å². The van der Waals surface area contributed by atoms with Gasteiger partial charge < -0.3 is 5.73 Å². The van der Waals surface area contributed by atoms with Crippen LogP contribution in [0.5, 0.6) is 0 Å². The van der Waals surface area contributed by atoms with Crippen molar-refractivity contribution in [3.05, 3.63) is 34.9 Å². The molecule has 1 aromatic carbocycles. The standard InChI is InChI=1S/C14H21N/c1-10-4-7-13-11(8-10)5-6-12(9-15)14(13,2)3/h4,7-8,12H,5-6,9,15H2,1-3H3. The lowest BCUT2D eigenvalue weighted by atomic mass is 9.65.